The number of ether oxygens (including phenoxy) is 1. The number of amides is 1. The number of alkyl halides is 3. The van der Waals surface area contributed by atoms with Crippen LogP contribution >= 0.6 is 0 Å². The van der Waals surface area contributed by atoms with E-state index >= 15 is 0 Å². The number of carbonyl (C=O) groups excluding carboxylic acids is 1. The highest BCUT2D eigenvalue weighted by Gasteiger charge is 2.30. The summed E-state index contributed by atoms with van der Waals surface area (Å²) in [5, 5.41) is 2.40. The van der Waals surface area contributed by atoms with Crippen molar-refractivity contribution in [3.05, 3.63) is 59.2 Å². The van der Waals surface area contributed by atoms with E-state index in [0.29, 0.717) is 5.75 Å². The molecule has 0 atom stereocenters. The van der Waals surface area contributed by atoms with Crippen LogP contribution in [0.5, 0.6) is 5.75 Å². The maximum atomic E-state index is 12.6. The zero-order valence-electron chi connectivity index (χ0n) is 12.7. The SMILES string of the molecule is Cc1cccc(C)c1OCC(=O)Nc1cccc(C(F)(F)F)c1. The number of hydrogen-bond acceptors (Lipinski definition) is 2. The average Bonchev–Trinajstić information content (AvgIpc) is 2.46. The number of rotatable bonds is 4. The molecule has 0 aliphatic rings. The molecule has 1 amide bonds. The van der Waals surface area contributed by atoms with Gasteiger partial charge in [0.15, 0.2) is 6.61 Å². The van der Waals surface area contributed by atoms with Crippen LogP contribution in [0, 0.1) is 13.8 Å². The molecule has 0 aliphatic carbocycles. The molecule has 23 heavy (non-hydrogen) atoms. The Bertz CT molecular complexity index is 691. The van der Waals surface area contributed by atoms with Crippen molar-refractivity contribution < 1.29 is 22.7 Å². The molecule has 2 aromatic rings. The first-order chi connectivity index (χ1) is 10.8. The molecule has 0 bridgehead atoms. The van der Waals surface area contributed by atoms with Gasteiger partial charge in [0.2, 0.25) is 0 Å². The topological polar surface area (TPSA) is 38.3 Å². The largest absolute Gasteiger partial charge is 0.483 e. The summed E-state index contributed by atoms with van der Waals surface area (Å²) in [4.78, 5) is 11.9. The maximum Gasteiger partial charge on any atom is 0.416 e. The van der Waals surface area contributed by atoms with E-state index in [4.69, 9.17) is 4.74 Å². The number of carbonyl (C=O) groups is 1. The van der Waals surface area contributed by atoms with Gasteiger partial charge in [0.1, 0.15) is 5.75 Å². The maximum absolute atomic E-state index is 12.6. The van der Waals surface area contributed by atoms with Crippen LogP contribution in [0.2, 0.25) is 0 Å². The fourth-order valence-corrected chi connectivity index (χ4v) is 2.13. The Balaban J connectivity index is 2.00. The van der Waals surface area contributed by atoms with Crippen molar-refractivity contribution in [1.82, 2.24) is 0 Å². The van der Waals surface area contributed by atoms with Crippen LogP contribution < -0.4 is 10.1 Å². The summed E-state index contributed by atoms with van der Waals surface area (Å²) in [6.45, 7) is 3.43. The van der Waals surface area contributed by atoms with Crippen molar-refractivity contribution in [2.45, 2.75) is 20.0 Å². The molecule has 122 valence electrons. The molecule has 0 saturated carbocycles. The molecule has 0 radical (unpaired) electrons. The Kier molecular flexibility index (Phi) is 4.93. The zero-order chi connectivity index (χ0) is 17.0. The number of para-hydroxylation sites is 1. The van der Waals surface area contributed by atoms with Crippen LogP contribution in [0.4, 0.5) is 18.9 Å². The Morgan fingerprint density at radius 3 is 2.30 bits per heavy atom. The summed E-state index contributed by atoms with van der Waals surface area (Å²) < 4.78 is 43.3. The molecule has 0 unspecified atom stereocenters. The molecular formula is C17H16F3NO2. The summed E-state index contributed by atoms with van der Waals surface area (Å²) >= 11 is 0. The zero-order valence-corrected chi connectivity index (χ0v) is 12.7. The normalized spacial score (nSPS) is 11.2. The van der Waals surface area contributed by atoms with Crippen molar-refractivity contribution in [3.8, 4) is 5.75 Å². The minimum atomic E-state index is -4.45. The lowest BCUT2D eigenvalue weighted by atomic mass is 10.1. The minimum Gasteiger partial charge on any atom is -0.483 e. The van der Waals surface area contributed by atoms with Gasteiger partial charge in [0, 0.05) is 5.69 Å². The summed E-state index contributed by atoms with van der Waals surface area (Å²) in [6.07, 6.45) is -4.45. The molecule has 1 N–H and O–H groups in total. The van der Waals surface area contributed by atoms with E-state index in [-0.39, 0.29) is 12.3 Å². The molecule has 6 heteroatoms. The van der Waals surface area contributed by atoms with Gasteiger partial charge in [0.05, 0.1) is 5.56 Å². The predicted molar refractivity (Wildman–Crippen MR) is 81.5 cm³/mol. The smallest absolute Gasteiger partial charge is 0.416 e. The van der Waals surface area contributed by atoms with Gasteiger partial charge in [-0.3, -0.25) is 4.79 Å². The number of aryl methyl sites for hydroxylation is 2. The van der Waals surface area contributed by atoms with E-state index in [0.717, 1.165) is 23.3 Å². The molecule has 0 fully saturated rings. The fourth-order valence-electron chi connectivity index (χ4n) is 2.13. The first kappa shape index (κ1) is 16.9. The van der Waals surface area contributed by atoms with Gasteiger partial charge in [-0.1, -0.05) is 24.3 Å². The standard InChI is InChI=1S/C17H16F3NO2/c1-11-5-3-6-12(2)16(11)23-10-15(22)21-14-8-4-7-13(9-14)17(18,19)20/h3-9H,10H2,1-2H3,(H,21,22). The van der Waals surface area contributed by atoms with Gasteiger partial charge in [-0.15, -0.1) is 0 Å². The Morgan fingerprint density at radius 2 is 1.70 bits per heavy atom. The van der Waals surface area contributed by atoms with Crippen LogP contribution in [0.3, 0.4) is 0 Å². The number of halogens is 3. The van der Waals surface area contributed by atoms with Crippen molar-refractivity contribution in [2.24, 2.45) is 0 Å². The van der Waals surface area contributed by atoms with Crippen LogP contribution in [-0.2, 0) is 11.0 Å². The van der Waals surface area contributed by atoms with Gasteiger partial charge in [-0.2, -0.15) is 13.2 Å². The highest BCUT2D eigenvalue weighted by atomic mass is 19.4. The lowest BCUT2D eigenvalue weighted by Gasteiger charge is -2.13. The molecule has 2 aromatic carbocycles. The molecule has 2 rings (SSSR count). The third kappa shape index (κ3) is 4.48. The summed E-state index contributed by atoms with van der Waals surface area (Å²) in [7, 11) is 0. The average molecular weight is 323 g/mol. The second-order valence-corrected chi connectivity index (χ2v) is 5.14. The molecule has 0 spiro atoms. The van der Waals surface area contributed by atoms with E-state index in [2.05, 4.69) is 5.32 Å². The van der Waals surface area contributed by atoms with E-state index in [9.17, 15) is 18.0 Å². The monoisotopic (exact) mass is 323 g/mol. The van der Waals surface area contributed by atoms with Crippen LogP contribution in [-0.4, -0.2) is 12.5 Å². The Labute approximate surface area is 132 Å². The Morgan fingerprint density at radius 1 is 1.09 bits per heavy atom. The van der Waals surface area contributed by atoms with Gasteiger partial charge >= 0.3 is 6.18 Å². The lowest BCUT2D eigenvalue weighted by molar-refractivity contribution is -0.137. The second-order valence-electron chi connectivity index (χ2n) is 5.14. The lowest BCUT2D eigenvalue weighted by Crippen LogP contribution is -2.21. The van der Waals surface area contributed by atoms with Crippen molar-refractivity contribution in [2.75, 3.05) is 11.9 Å². The van der Waals surface area contributed by atoms with E-state index in [1.807, 2.05) is 32.0 Å². The summed E-state index contributed by atoms with van der Waals surface area (Å²) in [5.41, 5.74) is 1.04. The van der Waals surface area contributed by atoms with Crippen LogP contribution in [0.1, 0.15) is 16.7 Å². The van der Waals surface area contributed by atoms with Crippen molar-refractivity contribution >= 4 is 11.6 Å². The van der Waals surface area contributed by atoms with Crippen molar-refractivity contribution in [3.63, 3.8) is 0 Å². The number of hydrogen-bond donors (Lipinski definition) is 1. The molecule has 3 nitrogen and oxygen atoms in total. The van der Waals surface area contributed by atoms with Crippen LogP contribution in [0.25, 0.3) is 0 Å². The van der Waals surface area contributed by atoms with E-state index in [1.165, 1.54) is 12.1 Å². The summed E-state index contributed by atoms with van der Waals surface area (Å²) in [6, 6.07) is 10.1. The Hall–Kier alpha value is -2.50. The molecule has 0 aromatic heterocycles. The molecule has 0 saturated heterocycles. The van der Waals surface area contributed by atoms with Gasteiger partial charge in [-0.05, 0) is 43.2 Å². The van der Waals surface area contributed by atoms with Gasteiger partial charge in [-0.25, -0.2) is 0 Å². The first-order valence-electron chi connectivity index (χ1n) is 6.93. The van der Waals surface area contributed by atoms with E-state index in [1.54, 1.807) is 0 Å². The van der Waals surface area contributed by atoms with Crippen LogP contribution in [0.15, 0.2) is 42.5 Å². The number of nitrogens with one attached hydrogen (secondary N) is 1. The number of anilines is 1. The van der Waals surface area contributed by atoms with Gasteiger partial charge in [0.25, 0.3) is 5.91 Å². The van der Waals surface area contributed by atoms with Crippen molar-refractivity contribution in [1.29, 1.82) is 0 Å². The summed E-state index contributed by atoms with van der Waals surface area (Å²) in [5.74, 6) is 0.0821. The predicted octanol–water partition coefficient (Wildman–Crippen LogP) is 4.34. The highest BCUT2D eigenvalue weighted by molar-refractivity contribution is 5.92. The molecular weight excluding hydrogens is 307 g/mol. The molecule has 0 heterocycles. The quantitative estimate of drug-likeness (QED) is 0.909. The fraction of sp³-hybridized carbons (Fsp3) is 0.235. The third-order valence-electron chi connectivity index (χ3n) is 3.23. The minimum absolute atomic E-state index is 0.0786. The molecule has 0 aliphatic heterocycles. The number of benzene rings is 2. The second kappa shape index (κ2) is 6.73. The third-order valence-corrected chi connectivity index (χ3v) is 3.23. The van der Waals surface area contributed by atoms with Gasteiger partial charge < -0.3 is 10.1 Å². The first-order valence-corrected chi connectivity index (χ1v) is 6.93. The highest BCUT2D eigenvalue weighted by Crippen LogP contribution is 2.30. The van der Waals surface area contributed by atoms with E-state index < -0.39 is 17.6 Å².